The largest absolute Gasteiger partial charge is 0.494 e. The van der Waals surface area contributed by atoms with Crippen molar-refractivity contribution in [2.24, 2.45) is 4.99 Å². The Labute approximate surface area is 188 Å². The van der Waals surface area contributed by atoms with Crippen LogP contribution in [0.25, 0.3) is 10.9 Å². The van der Waals surface area contributed by atoms with Crippen LogP contribution in [0.15, 0.2) is 71.9 Å². The number of nitrogens with one attached hydrogen (secondary N) is 1. The molecular formula is C26H29N5O. The van der Waals surface area contributed by atoms with Crippen molar-refractivity contribution in [3.8, 4) is 5.88 Å². The Kier molecular flexibility index (Phi) is 6.52. The zero-order chi connectivity index (χ0) is 22.5. The first kappa shape index (κ1) is 21.6. The maximum absolute atomic E-state index is 10.7. The average Bonchev–Trinajstić information content (AvgIpc) is 3.13. The van der Waals surface area contributed by atoms with Gasteiger partial charge in [0.15, 0.2) is 5.88 Å². The summed E-state index contributed by atoms with van der Waals surface area (Å²) in [5, 5.41) is 11.6. The van der Waals surface area contributed by atoms with E-state index in [0.717, 1.165) is 42.6 Å². The van der Waals surface area contributed by atoms with Crippen LogP contribution >= 0.6 is 0 Å². The van der Waals surface area contributed by atoms with Crippen molar-refractivity contribution in [1.29, 1.82) is 0 Å². The molecule has 2 heterocycles. The summed E-state index contributed by atoms with van der Waals surface area (Å²) in [5.74, 6) is 0.0461. The van der Waals surface area contributed by atoms with Crippen LogP contribution in [0.1, 0.15) is 37.1 Å². The van der Waals surface area contributed by atoms with E-state index in [1.165, 1.54) is 5.56 Å². The van der Waals surface area contributed by atoms with E-state index in [-0.39, 0.29) is 5.88 Å². The molecule has 0 aliphatic heterocycles. The summed E-state index contributed by atoms with van der Waals surface area (Å²) in [4.78, 5) is 14.8. The first-order valence-electron chi connectivity index (χ1n) is 11.0. The van der Waals surface area contributed by atoms with Crippen LogP contribution in [0.4, 0.5) is 11.4 Å². The molecule has 0 bridgehead atoms. The molecule has 0 saturated heterocycles. The number of pyridine rings is 1. The fourth-order valence-corrected chi connectivity index (χ4v) is 3.91. The SMILES string of the molecule is CCCN(CC)Cc1ccc(N=C(c2ccccn2)c2c(O)[nH]c3cc(N)ccc23)cc1. The van der Waals surface area contributed by atoms with Crippen molar-refractivity contribution >= 4 is 28.0 Å². The Hall–Kier alpha value is -3.64. The monoisotopic (exact) mass is 427 g/mol. The number of hydrogen-bond donors (Lipinski definition) is 3. The summed E-state index contributed by atoms with van der Waals surface area (Å²) in [5.41, 5.74) is 11.3. The number of nitrogen functional groups attached to an aromatic ring is 1. The van der Waals surface area contributed by atoms with E-state index in [0.29, 0.717) is 22.7 Å². The van der Waals surface area contributed by atoms with Gasteiger partial charge in [0.25, 0.3) is 0 Å². The van der Waals surface area contributed by atoms with E-state index in [2.05, 4.69) is 40.8 Å². The predicted octanol–water partition coefficient (Wildman–Crippen LogP) is 5.25. The van der Waals surface area contributed by atoms with Crippen LogP contribution in [0.5, 0.6) is 5.88 Å². The Morgan fingerprint density at radius 1 is 1.09 bits per heavy atom. The number of nitrogens with zero attached hydrogens (tertiary/aromatic N) is 3. The van der Waals surface area contributed by atoms with Gasteiger partial charge in [-0.05, 0) is 67.5 Å². The third-order valence-electron chi connectivity index (χ3n) is 5.52. The molecule has 0 radical (unpaired) electrons. The zero-order valence-electron chi connectivity index (χ0n) is 18.5. The first-order valence-corrected chi connectivity index (χ1v) is 11.0. The van der Waals surface area contributed by atoms with E-state index in [9.17, 15) is 5.11 Å². The number of benzene rings is 2. The first-order chi connectivity index (χ1) is 15.6. The Morgan fingerprint density at radius 3 is 2.59 bits per heavy atom. The number of rotatable bonds is 8. The molecule has 4 N–H and O–H groups in total. The smallest absolute Gasteiger partial charge is 0.199 e. The van der Waals surface area contributed by atoms with Crippen molar-refractivity contribution in [2.45, 2.75) is 26.8 Å². The second-order valence-corrected chi connectivity index (χ2v) is 7.86. The molecule has 4 rings (SSSR count). The third-order valence-corrected chi connectivity index (χ3v) is 5.52. The lowest BCUT2D eigenvalue weighted by Crippen LogP contribution is -2.23. The quantitative estimate of drug-likeness (QED) is 0.264. The number of H-pyrrole nitrogens is 1. The normalized spacial score (nSPS) is 12.0. The van der Waals surface area contributed by atoms with Gasteiger partial charge in [-0.3, -0.25) is 9.88 Å². The van der Waals surface area contributed by atoms with Gasteiger partial charge in [-0.2, -0.15) is 0 Å². The molecule has 0 aliphatic carbocycles. The van der Waals surface area contributed by atoms with Gasteiger partial charge >= 0.3 is 0 Å². The van der Waals surface area contributed by atoms with Crippen LogP contribution in [-0.4, -0.2) is 38.8 Å². The lowest BCUT2D eigenvalue weighted by molar-refractivity contribution is 0.280. The third kappa shape index (κ3) is 4.65. The van der Waals surface area contributed by atoms with Gasteiger partial charge in [0.1, 0.15) is 5.71 Å². The van der Waals surface area contributed by atoms with E-state index in [1.807, 2.05) is 42.5 Å². The van der Waals surface area contributed by atoms with Crippen molar-refractivity contribution in [3.63, 3.8) is 0 Å². The molecule has 6 heteroatoms. The summed E-state index contributed by atoms with van der Waals surface area (Å²) >= 11 is 0. The summed E-state index contributed by atoms with van der Waals surface area (Å²) in [6.07, 6.45) is 2.87. The predicted molar refractivity (Wildman–Crippen MR) is 132 cm³/mol. The van der Waals surface area contributed by atoms with Crippen LogP contribution in [0.2, 0.25) is 0 Å². The molecule has 0 atom stereocenters. The molecule has 32 heavy (non-hydrogen) atoms. The minimum absolute atomic E-state index is 0.0461. The molecule has 4 aromatic rings. The van der Waals surface area contributed by atoms with Crippen molar-refractivity contribution in [3.05, 3.63) is 83.7 Å². The highest BCUT2D eigenvalue weighted by molar-refractivity contribution is 6.21. The van der Waals surface area contributed by atoms with E-state index >= 15 is 0 Å². The Balaban J connectivity index is 1.75. The highest BCUT2D eigenvalue weighted by Gasteiger charge is 2.19. The fraction of sp³-hybridized carbons (Fsp3) is 0.231. The number of nitrogens with two attached hydrogens (primary N) is 1. The average molecular weight is 428 g/mol. The summed E-state index contributed by atoms with van der Waals surface area (Å²) < 4.78 is 0. The highest BCUT2D eigenvalue weighted by atomic mass is 16.3. The van der Waals surface area contributed by atoms with Crippen molar-refractivity contribution < 1.29 is 5.11 Å². The zero-order valence-corrected chi connectivity index (χ0v) is 18.5. The van der Waals surface area contributed by atoms with Gasteiger partial charge in [0.05, 0.1) is 22.5 Å². The molecule has 0 amide bonds. The Morgan fingerprint density at radius 2 is 1.91 bits per heavy atom. The van der Waals surface area contributed by atoms with Crippen LogP contribution in [0, 0.1) is 0 Å². The summed E-state index contributed by atoms with van der Waals surface area (Å²) in [6.45, 7) is 7.43. The van der Waals surface area contributed by atoms with Gasteiger partial charge in [0.2, 0.25) is 0 Å². The lowest BCUT2D eigenvalue weighted by Gasteiger charge is -2.19. The van der Waals surface area contributed by atoms with Crippen LogP contribution in [0.3, 0.4) is 0 Å². The van der Waals surface area contributed by atoms with E-state index < -0.39 is 0 Å². The molecule has 2 aromatic heterocycles. The van der Waals surface area contributed by atoms with Crippen molar-refractivity contribution in [2.75, 3.05) is 18.8 Å². The van der Waals surface area contributed by atoms with Gasteiger partial charge in [-0.15, -0.1) is 0 Å². The number of aliphatic imine (C=N–C) groups is 1. The number of hydrogen-bond acceptors (Lipinski definition) is 5. The molecule has 2 aromatic carbocycles. The van der Waals surface area contributed by atoms with Crippen LogP contribution in [-0.2, 0) is 6.54 Å². The van der Waals surface area contributed by atoms with Crippen molar-refractivity contribution in [1.82, 2.24) is 14.9 Å². The summed E-state index contributed by atoms with van der Waals surface area (Å²) in [7, 11) is 0. The van der Waals surface area contributed by atoms with Gasteiger partial charge in [-0.1, -0.05) is 32.0 Å². The molecule has 164 valence electrons. The van der Waals surface area contributed by atoms with E-state index in [1.54, 1.807) is 12.3 Å². The molecule has 0 unspecified atom stereocenters. The number of anilines is 1. The number of aromatic nitrogens is 2. The molecule has 0 fully saturated rings. The highest BCUT2D eigenvalue weighted by Crippen LogP contribution is 2.32. The lowest BCUT2D eigenvalue weighted by atomic mass is 10.0. The number of aromatic hydroxyl groups is 1. The van der Waals surface area contributed by atoms with Gasteiger partial charge in [0, 0.05) is 23.8 Å². The minimum atomic E-state index is 0.0461. The fourth-order valence-electron chi connectivity index (χ4n) is 3.91. The van der Waals surface area contributed by atoms with E-state index in [4.69, 9.17) is 10.7 Å². The Bertz CT molecular complexity index is 1210. The molecular weight excluding hydrogens is 398 g/mol. The molecule has 0 saturated carbocycles. The molecule has 0 aliphatic rings. The van der Waals surface area contributed by atoms with Gasteiger partial charge < -0.3 is 15.8 Å². The summed E-state index contributed by atoms with van der Waals surface area (Å²) in [6, 6.07) is 19.5. The minimum Gasteiger partial charge on any atom is -0.494 e. The van der Waals surface area contributed by atoms with Gasteiger partial charge in [-0.25, -0.2) is 4.99 Å². The topological polar surface area (TPSA) is 90.5 Å². The second-order valence-electron chi connectivity index (χ2n) is 7.86. The number of aromatic amines is 1. The maximum Gasteiger partial charge on any atom is 0.199 e. The maximum atomic E-state index is 10.7. The standard InChI is InChI=1S/C26H29N5O/c1-3-15-31(4-2)17-18-8-11-20(12-9-18)29-25(22-7-5-6-14-28-22)24-21-13-10-19(27)16-23(21)30-26(24)32/h5-14,16,30,32H,3-4,15,17,27H2,1-2H3. The second kappa shape index (κ2) is 9.66. The molecule has 6 nitrogen and oxygen atoms in total. The molecule has 0 spiro atoms. The number of fused-ring (bicyclic) bond motifs is 1. The van der Waals surface area contributed by atoms with Crippen LogP contribution < -0.4 is 5.73 Å².